The van der Waals surface area contributed by atoms with Crippen LogP contribution in [0, 0.1) is 0 Å². The molecule has 0 aliphatic heterocycles. The lowest BCUT2D eigenvalue weighted by Crippen LogP contribution is -2.30. The molecule has 0 aliphatic carbocycles. The molecule has 3 N–H and O–H groups in total. The van der Waals surface area contributed by atoms with E-state index < -0.39 is 0 Å². The Morgan fingerprint density at radius 3 is 2.74 bits per heavy atom. The van der Waals surface area contributed by atoms with Crippen LogP contribution in [0.1, 0.15) is 37.1 Å². The number of hydrogen-bond acceptors (Lipinski definition) is 3. The number of nitrogens with zero attached hydrogens (tertiary/aromatic N) is 2. The molecule has 0 aliphatic rings. The lowest BCUT2D eigenvalue weighted by molar-refractivity contribution is 0.457. The molecule has 1 aromatic carbocycles. The van der Waals surface area contributed by atoms with Crippen LogP contribution in [-0.4, -0.2) is 9.78 Å². The maximum absolute atomic E-state index is 5.70. The van der Waals surface area contributed by atoms with Crippen LogP contribution in [0.2, 0.25) is 0 Å². The van der Waals surface area contributed by atoms with Crippen LogP contribution >= 0.6 is 0 Å². The quantitative estimate of drug-likeness (QED) is 0.592. The molecule has 1 heterocycles. The van der Waals surface area contributed by atoms with Gasteiger partial charge in [-0.1, -0.05) is 37.3 Å². The minimum atomic E-state index is 0.147. The van der Waals surface area contributed by atoms with Crippen LogP contribution in [0.25, 0.3) is 0 Å². The van der Waals surface area contributed by atoms with Crippen molar-refractivity contribution in [1.82, 2.24) is 15.2 Å². The topological polar surface area (TPSA) is 55.9 Å². The summed E-state index contributed by atoms with van der Waals surface area (Å²) in [7, 11) is 0. The van der Waals surface area contributed by atoms with Crippen molar-refractivity contribution in [2.75, 3.05) is 0 Å². The molecule has 1 aromatic heterocycles. The van der Waals surface area contributed by atoms with Crippen LogP contribution in [-0.2, 0) is 13.0 Å². The summed E-state index contributed by atoms with van der Waals surface area (Å²) in [6, 6.07) is 12.7. The number of rotatable bonds is 7. The summed E-state index contributed by atoms with van der Waals surface area (Å²) in [4.78, 5) is 0. The second-order valence-corrected chi connectivity index (χ2v) is 4.72. The van der Waals surface area contributed by atoms with E-state index in [4.69, 9.17) is 5.84 Å². The van der Waals surface area contributed by atoms with Gasteiger partial charge >= 0.3 is 0 Å². The highest BCUT2D eigenvalue weighted by Gasteiger charge is 2.14. The van der Waals surface area contributed by atoms with E-state index in [0.717, 1.165) is 25.8 Å². The third-order valence-electron chi connectivity index (χ3n) is 3.31. The number of hydrogen-bond donors (Lipinski definition) is 2. The Balaban J connectivity index is 2.01. The summed E-state index contributed by atoms with van der Waals surface area (Å²) in [5, 5.41) is 4.35. The molecule has 0 fully saturated rings. The highest BCUT2D eigenvalue weighted by atomic mass is 15.3. The molecule has 102 valence electrons. The van der Waals surface area contributed by atoms with Crippen molar-refractivity contribution in [2.24, 2.45) is 5.84 Å². The third kappa shape index (κ3) is 3.66. The maximum Gasteiger partial charge on any atom is 0.0632 e. The molecule has 0 saturated heterocycles. The summed E-state index contributed by atoms with van der Waals surface area (Å²) in [6.07, 6.45) is 4.89. The Labute approximate surface area is 114 Å². The fraction of sp³-hybridized carbons (Fsp3) is 0.400. The highest BCUT2D eigenvalue weighted by Crippen LogP contribution is 2.18. The number of benzene rings is 1. The number of nitrogens with two attached hydrogens (primary N) is 1. The molecule has 0 saturated carbocycles. The first kappa shape index (κ1) is 13.8. The van der Waals surface area contributed by atoms with E-state index in [-0.39, 0.29) is 6.04 Å². The maximum atomic E-state index is 5.70. The van der Waals surface area contributed by atoms with Crippen molar-refractivity contribution in [3.63, 3.8) is 0 Å². The van der Waals surface area contributed by atoms with Crippen LogP contribution in [0.4, 0.5) is 0 Å². The van der Waals surface area contributed by atoms with E-state index in [9.17, 15) is 0 Å². The lowest BCUT2D eigenvalue weighted by atomic mass is 10.0. The van der Waals surface area contributed by atoms with Gasteiger partial charge in [-0.05, 0) is 30.9 Å². The van der Waals surface area contributed by atoms with E-state index in [1.165, 1.54) is 11.3 Å². The first-order chi connectivity index (χ1) is 9.35. The lowest BCUT2D eigenvalue weighted by Gasteiger charge is -2.17. The Morgan fingerprint density at radius 1 is 1.26 bits per heavy atom. The SMILES string of the molecule is CCCn1nccc1C(CCc1ccccc1)NN. The molecule has 4 nitrogen and oxygen atoms in total. The predicted octanol–water partition coefficient (Wildman–Crippen LogP) is 2.43. The summed E-state index contributed by atoms with van der Waals surface area (Å²) in [5.41, 5.74) is 5.42. The fourth-order valence-electron chi connectivity index (χ4n) is 2.31. The second-order valence-electron chi connectivity index (χ2n) is 4.72. The summed E-state index contributed by atoms with van der Waals surface area (Å²) in [5.74, 6) is 5.70. The van der Waals surface area contributed by atoms with Gasteiger partial charge in [-0.15, -0.1) is 0 Å². The Kier molecular flexibility index (Phi) is 5.12. The molecule has 0 amide bonds. The standard InChI is InChI=1S/C15H22N4/c1-2-12-19-15(10-11-17-19)14(18-16)9-8-13-6-4-3-5-7-13/h3-7,10-11,14,18H,2,8-9,12,16H2,1H3. The largest absolute Gasteiger partial charge is 0.271 e. The average Bonchev–Trinajstić information content (AvgIpc) is 2.90. The van der Waals surface area contributed by atoms with Crippen molar-refractivity contribution in [3.05, 3.63) is 53.9 Å². The van der Waals surface area contributed by atoms with Crippen LogP contribution < -0.4 is 11.3 Å². The average molecular weight is 258 g/mol. The van der Waals surface area contributed by atoms with Crippen molar-refractivity contribution in [2.45, 2.75) is 38.8 Å². The van der Waals surface area contributed by atoms with Gasteiger partial charge < -0.3 is 0 Å². The summed E-state index contributed by atoms with van der Waals surface area (Å²) < 4.78 is 2.04. The van der Waals surface area contributed by atoms with Gasteiger partial charge in [-0.25, -0.2) is 0 Å². The predicted molar refractivity (Wildman–Crippen MR) is 77.3 cm³/mol. The first-order valence-electron chi connectivity index (χ1n) is 6.87. The molecule has 1 unspecified atom stereocenters. The number of hydrazine groups is 1. The van der Waals surface area contributed by atoms with Gasteiger partial charge in [-0.3, -0.25) is 16.0 Å². The number of aromatic nitrogens is 2. The van der Waals surface area contributed by atoms with Crippen molar-refractivity contribution >= 4 is 0 Å². The van der Waals surface area contributed by atoms with Crippen molar-refractivity contribution in [3.8, 4) is 0 Å². The molecule has 0 bridgehead atoms. The monoisotopic (exact) mass is 258 g/mol. The highest BCUT2D eigenvalue weighted by molar-refractivity contribution is 5.16. The van der Waals surface area contributed by atoms with Gasteiger partial charge in [-0.2, -0.15) is 5.10 Å². The van der Waals surface area contributed by atoms with E-state index in [2.05, 4.69) is 41.7 Å². The first-order valence-corrected chi connectivity index (χ1v) is 6.87. The van der Waals surface area contributed by atoms with E-state index in [1.807, 2.05) is 23.0 Å². The van der Waals surface area contributed by atoms with Gasteiger partial charge in [0.15, 0.2) is 0 Å². The zero-order valence-corrected chi connectivity index (χ0v) is 11.4. The van der Waals surface area contributed by atoms with Gasteiger partial charge in [0.05, 0.1) is 11.7 Å². The fourth-order valence-corrected chi connectivity index (χ4v) is 2.31. The van der Waals surface area contributed by atoms with E-state index >= 15 is 0 Å². The Morgan fingerprint density at radius 2 is 2.05 bits per heavy atom. The van der Waals surface area contributed by atoms with Crippen LogP contribution in [0.5, 0.6) is 0 Å². The Hall–Kier alpha value is -1.65. The molecule has 0 radical (unpaired) electrons. The summed E-state index contributed by atoms with van der Waals surface area (Å²) >= 11 is 0. The normalized spacial score (nSPS) is 12.5. The third-order valence-corrected chi connectivity index (χ3v) is 3.31. The molecule has 0 spiro atoms. The molecule has 1 atom stereocenters. The minimum Gasteiger partial charge on any atom is -0.271 e. The zero-order valence-electron chi connectivity index (χ0n) is 11.4. The smallest absolute Gasteiger partial charge is 0.0632 e. The van der Waals surface area contributed by atoms with Crippen LogP contribution in [0.15, 0.2) is 42.6 Å². The molecular formula is C15H22N4. The zero-order chi connectivity index (χ0) is 13.5. The van der Waals surface area contributed by atoms with Crippen molar-refractivity contribution < 1.29 is 0 Å². The Bertz CT molecular complexity index is 478. The molecule has 2 aromatic rings. The van der Waals surface area contributed by atoms with Gasteiger partial charge in [0.2, 0.25) is 0 Å². The minimum absolute atomic E-state index is 0.147. The number of aryl methyl sites for hydroxylation is 2. The van der Waals surface area contributed by atoms with E-state index in [0.29, 0.717) is 0 Å². The van der Waals surface area contributed by atoms with Gasteiger partial charge in [0.25, 0.3) is 0 Å². The van der Waals surface area contributed by atoms with Crippen LogP contribution in [0.3, 0.4) is 0 Å². The molecule has 4 heteroatoms. The van der Waals surface area contributed by atoms with E-state index in [1.54, 1.807) is 0 Å². The van der Waals surface area contributed by atoms with Gasteiger partial charge in [0.1, 0.15) is 0 Å². The molecule has 2 rings (SSSR count). The second kappa shape index (κ2) is 7.07. The molecular weight excluding hydrogens is 236 g/mol. The van der Waals surface area contributed by atoms with Gasteiger partial charge in [0, 0.05) is 12.7 Å². The summed E-state index contributed by atoms with van der Waals surface area (Å²) in [6.45, 7) is 3.09. The molecule has 19 heavy (non-hydrogen) atoms. The van der Waals surface area contributed by atoms with Crippen molar-refractivity contribution in [1.29, 1.82) is 0 Å². The number of nitrogens with one attached hydrogen (secondary N) is 1.